The molecule has 6 nitrogen and oxygen atoms in total. The number of rotatable bonds is 3. The molecular formula is C26H27FN6. The van der Waals surface area contributed by atoms with Crippen LogP contribution in [0.2, 0.25) is 0 Å². The minimum Gasteiger partial charge on any atom is -0.354 e. The van der Waals surface area contributed by atoms with Gasteiger partial charge in [-0.25, -0.2) is 9.37 Å². The van der Waals surface area contributed by atoms with E-state index >= 15 is 0 Å². The van der Waals surface area contributed by atoms with Crippen LogP contribution in [0, 0.1) is 5.82 Å². The van der Waals surface area contributed by atoms with E-state index in [0.717, 1.165) is 79.8 Å². The Hall–Kier alpha value is -3.32. The van der Waals surface area contributed by atoms with Gasteiger partial charge in [-0.2, -0.15) is 0 Å². The molecule has 2 aromatic rings. The SMILES string of the molecule is Fc1cccc(C2CCCN2C2=NC3C(c4cccc(N5CCNCC5)n4)=CN=C3C=C2)c1. The molecule has 0 spiro atoms. The van der Waals surface area contributed by atoms with Gasteiger partial charge in [0.2, 0.25) is 0 Å². The summed E-state index contributed by atoms with van der Waals surface area (Å²) in [6, 6.07) is 13.1. The molecule has 7 heteroatoms. The summed E-state index contributed by atoms with van der Waals surface area (Å²) >= 11 is 0. The quantitative estimate of drug-likeness (QED) is 0.789. The Kier molecular flexibility index (Phi) is 5.26. The van der Waals surface area contributed by atoms with Gasteiger partial charge in [0, 0.05) is 44.5 Å². The lowest BCUT2D eigenvalue weighted by Crippen LogP contribution is -2.43. The Bertz CT molecular complexity index is 1180. The van der Waals surface area contributed by atoms with Gasteiger partial charge in [0.05, 0.1) is 17.4 Å². The van der Waals surface area contributed by atoms with Crippen LogP contribution in [0.4, 0.5) is 10.2 Å². The fourth-order valence-corrected chi connectivity index (χ4v) is 5.18. The van der Waals surface area contributed by atoms with E-state index in [1.807, 2.05) is 18.3 Å². The number of benzene rings is 1. The van der Waals surface area contributed by atoms with Crippen molar-refractivity contribution in [1.29, 1.82) is 0 Å². The molecule has 2 unspecified atom stereocenters. The third kappa shape index (κ3) is 3.86. The van der Waals surface area contributed by atoms with Crippen LogP contribution >= 0.6 is 0 Å². The zero-order chi connectivity index (χ0) is 22.2. The Labute approximate surface area is 193 Å². The van der Waals surface area contributed by atoms with Crippen LogP contribution in [-0.2, 0) is 0 Å². The first-order valence-corrected chi connectivity index (χ1v) is 11.8. The van der Waals surface area contributed by atoms with E-state index in [4.69, 9.17) is 9.98 Å². The van der Waals surface area contributed by atoms with Crippen molar-refractivity contribution >= 4 is 22.9 Å². The average Bonchev–Trinajstić information content (AvgIpc) is 3.52. The largest absolute Gasteiger partial charge is 0.354 e. The van der Waals surface area contributed by atoms with Crippen molar-refractivity contribution in [1.82, 2.24) is 15.2 Å². The number of hydrogen-bond donors (Lipinski definition) is 1. The van der Waals surface area contributed by atoms with Gasteiger partial charge in [0.15, 0.2) is 0 Å². The number of piperazine rings is 1. The van der Waals surface area contributed by atoms with Crippen molar-refractivity contribution in [3.05, 3.63) is 77.9 Å². The minimum atomic E-state index is -0.189. The van der Waals surface area contributed by atoms with Gasteiger partial charge in [0.1, 0.15) is 23.5 Å². The van der Waals surface area contributed by atoms with Gasteiger partial charge < -0.3 is 15.1 Å². The highest BCUT2D eigenvalue weighted by atomic mass is 19.1. The van der Waals surface area contributed by atoms with Crippen LogP contribution in [-0.4, -0.2) is 60.2 Å². The number of amidine groups is 1. The maximum absolute atomic E-state index is 13.9. The summed E-state index contributed by atoms with van der Waals surface area (Å²) in [6.45, 7) is 4.79. The van der Waals surface area contributed by atoms with E-state index in [-0.39, 0.29) is 17.9 Å². The second kappa shape index (κ2) is 8.56. The van der Waals surface area contributed by atoms with E-state index in [1.54, 1.807) is 12.1 Å². The highest BCUT2D eigenvalue weighted by Crippen LogP contribution is 2.35. The van der Waals surface area contributed by atoms with E-state index in [0.29, 0.717) is 0 Å². The number of aliphatic imine (C=N–C) groups is 2. The van der Waals surface area contributed by atoms with Crippen molar-refractivity contribution < 1.29 is 4.39 Å². The second-order valence-corrected chi connectivity index (χ2v) is 8.89. The number of fused-ring (bicyclic) bond motifs is 1. The standard InChI is InChI=1S/C26H27FN6/c27-19-5-1-4-18(16-19)23-7-3-13-33(23)25-10-9-22-26(31-25)20(17-29-22)21-6-2-8-24(30-21)32-14-11-28-12-15-32/h1-2,4-6,8-10,16-17,23,26,28H,3,7,11-15H2. The molecule has 0 amide bonds. The molecule has 6 rings (SSSR count). The van der Waals surface area contributed by atoms with Crippen LogP contribution in [0.1, 0.15) is 30.1 Å². The molecule has 0 radical (unpaired) electrons. The lowest BCUT2D eigenvalue weighted by atomic mass is 9.99. The van der Waals surface area contributed by atoms with Crippen LogP contribution in [0.15, 0.2) is 70.8 Å². The molecule has 2 saturated heterocycles. The van der Waals surface area contributed by atoms with Crippen LogP contribution in [0.3, 0.4) is 0 Å². The molecule has 168 valence electrons. The van der Waals surface area contributed by atoms with Crippen LogP contribution < -0.4 is 10.2 Å². The number of nitrogens with zero attached hydrogens (tertiary/aromatic N) is 5. The zero-order valence-corrected chi connectivity index (χ0v) is 18.5. The van der Waals surface area contributed by atoms with Crippen molar-refractivity contribution in [3.8, 4) is 0 Å². The topological polar surface area (TPSA) is 56.1 Å². The number of anilines is 1. The lowest BCUT2D eigenvalue weighted by molar-refractivity contribution is 0.399. The third-order valence-corrected chi connectivity index (χ3v) is 6.84. The zero-order valence-electron chi connectivity index (χ0n) is 18.5. The van der Waals surface area contributed by atoms with Gasteiger partial charge in [-0.15, -0.1) is 0 Å². The van der Waals surface area contributed by atoms with E-state index in [1.165, 1.54) is 6.07 Å². The molecule has 2 fully saturated rings. The molecule has 0 saturated carbocycles. The lowest BCUT2D eigenvalue weighted by Gasteiger charge is -2.30. The number of hydrogen-bond acceptors (Lipinski definition) is 6. The Balaban J connectivity index is 1.27. The van der Waals surface area contributed by atoms with E-state index in [2.05, 4.69) is 44.4 Å². The number of aromatic nitrogens is 1. The van der Waals surface area contributed by atoms with Crippen molar-refractivity contribution in [2.24, 2.45) is 9.98 Å². The predicted octanol–water partition coefficient (Wildman–Crippen LogP) is 3.60. The molecule has 2 atom stereocenters. The summed E-state index contributed by atoms with van der Waals surface area (Å²) in [5.41, 5.74) is 3.92. The number of pyridine rings is 1. The second-order valence-electron chi connectivity index (χ2n) is 8.89. The number of likely N-dealkylation sites (tertiary alicyclic amines) is 1. The first kappa shape index (κ1) is 20.3. The molecule has 1 aromatic heterocycles. The summed E-state index contributed by atoms with van der Waals surface area (Å²) in [5.74, 6) is 1.76. The molecule has 0 aliphatic carbocycles. The fraction of sp³-hybridized carbons (Fsp3) is 0.346. The molecule has 5 heterocycles. The summed E-state index contributed by atoms with van der Waals surface area (Å²) in [6.07, 6.45) is 8.09. The van der Waals surface area contributed by atoms with E-state index in [9.17, 15) is 4.39 Å². The summed E-state index contributed by atoms with van der Waals surface area (Å²) < 4.78 is 13.9. The smallest absolute Gasteiger partial charge is 0.129 e. The summed E-state index contributed by atoms with van der Waals surface area (Å²) in [5, 5.41) is 3.39. The number of nitrogens with one attached hydrogen (secondary N) is 1. The molecule has 33 heavy (non-hydrogen) atoms. The van der Waals surface area contributed by atoms with E-state index < -0.39 is 0 Å². The number of dihydropyridines is 1. The maximum atomic E-state index is 13.9. The number of halogens is 1. The average molecular weight is 443 g/mol. The van der Waals surface area contributed by atoms with Crippen molar-refractivity contribution in [2.75, 3.05) is 37.6 Å². The Morgan fingerprint density at radius 3 is 2.76 bits per heavy atom. The van der Waals surface area contributed by atoms with Gasteiger partial charge in [-0.05, 0) is 54.8 Å². The van der Waals surface area contributed by atoms with Gasteiger partial charge in [-0.1, -0.05) is 18.2 Å². The molecule has 1 aromatic carbocycles. The highest BCUT2D eigenvalue weighted by Gasteiger charge is 2.33. The summed E-state index contributed by atoms with van der Waals surface area (Å²) in [7, 11) is 0. The molecular weight excluding hydrogens is 415 g/mol. The van der Waals surface area contributed by atoms with Crippen LogP contribution in [0.5, 0.6) is 0 Å². The molecule has 1 N–H and O–H groups in total. The molecule has 4 aliphatic rings. The van der Waals surface area contributed by atoms with Gasteiger partial charge >= 0.3 is 0 Å². The van der Waals surface area contributed by atoms with Crippen LogP contribution in [0.25, 0.3) is 5.57 Å². The first-order valence-electron chi connectivity index (χ1n) is 11.8. The fourth-order valence-electron chi connectivity index (χ4n) is 5.18. The van der Waals surface area contributed by atoms with Gasteiger partial charge in [-0.3, -0.25) is 9.98 Å². The van der Waals surface area contributed by atoms with Gasteiger partial charge in [0.25, 0.3) is 0 Å². The Morgan fingerprint density at radius 1 is 1.00 bits per heavy atom. The minimum absolute atomic E-state index is 0.144. The third-order valence-electron chi connectivity index (χ3n) is 6.84. The van der Waals surface area contributed by atoms with Crippen molar-refractivity contribution in [2.45, 2.75) is 24.9 Å². The van der Waals surface area contributed by atoms with Crippen molar-refractivity contribution in [3.63, 3.8) is 0 Å². The Morgan fingerprint density at radius 2 is 1.88 bits per heavy atom. The molecule has 4 aliphatic heterocycles. The monoisotopic (exact) mass is 442 g/mol. The first-order chi connectivity index (χ1) is 16.3. The maximum Gasteiger partial charge on any atom is 0.129 e. The normalized spacial score (nSPS) is 24.5. The molecule has 0 bridgehead atoms. The summed E-state index contributed by atoms with van der Waals surface area (Å²) in [4.78, 5) is 19.4. The highest BCUT2D eigenvalue weighted by molar-refractivity contribution is 6.17. The predicted molar refractivity (Wildman–Crippen MR) is 130 cm³/mol.